The number of aromatic nitrogens is 2. The van der Waals surface area contributed by atoms with Gasteiger partial charge in [0.2, 0.25) is 5.28 Å². The summed E-state index contributed by atoms with van der Waals surface area (Å²) in [6, 6.07) is 0. The van der Waals surface area contributed by atoms with E-state index in [0.717, 1.165) is 24.1 Å². The van der Waals surface area contributed by atoms with Crippen molar-refractivity contribution in [3.63, 3.8) is 0 Å². The molecule has 1 aromatic heterocycles. The van der Waals surface area contributed by atoms with E-state index in [-0.39, 0.29) is 11.2 Å². The van der Waals surface area contributed by atoms with Crippen molar-refractivity contribution in [2.75, 3.05) is 12.4 Å². The molecule has 1 aromatic rings. The molecule has 5 heteroatoms. The Morgan fingerprint density at radius 1 is 1.47 bits per heavy atom. The highest BCUT2D eigenvalue weighted by Crippen LogP contribution is 2.41. The van der Waals surface area contributed by atoms with Crippen LogP contribution in [0.1, 0.15) is 23.6 Å². The second-order valence-corrected chi connectivity index (χ2v) is 4.31. The van der Waals surface area contributed by atoms with Crippen molar-refractivity contribution in [2.45, 2.75) is 18.8 Å². The third-order valence-electron chi connectivity index (χ3n) is 3.03. The molecular formula is C12H13ClFN3. The largest absolute Gasteiger partial charge is 0.373 e. The summed E-state index contributed by atoms with van der Waals surface area (Å²) in [5, 5.41) is 3.14. The Balaban J connectivity index is 2.48. The van der Waals surface area contributed by atoms with E-state index in [0.29, 0.717) is 11.4 Å². The minimum Gasteiger partial charge on any atom is -0.373 e. The van der Waals surface area contributed by atoms with Crippen molar-refractivity contribution in [1.82, 2.24) is 9.97 Å². The van der Waals surface area contributed by atoms with Crippen LogP contribution in [0.4, 0.5) is 10.2 Å². The first kappa shape index (κ1) is 12.0. The minimum absolute atomic E-state index is 0.143. The fraction of sp³-hybridized carbons (Fsp3) is 0.333. The van der Waals surface area contributed by atoms with E-state index in [9.17, 15) is 4.39 Å². The number of rotatable bonds is 3. The molecule has 0 aliphatic heterocycles. The van der Waals surface area contributed by atoms with Crippen LogP contribution in [-0.2, 0) is 6.42 Å². The Kier molecular flexibility index (Phi) is 3.15. The van der Waals surface area contributed by atoms with Crippen LogP contribution in [-0.4, -0.2) is 17.0 Å². The lowest BCUT2D eigenvalue weighted by molar-refractivity contribution is 0.619. The van der Waals surface area contributed by atoms with Crippen LogP contribution in [0.3, 0.4) is 0 Å². The van der Waals surface area contributed by atoms with Gasteiger partial charge in [0.1, 0.15) is 11.6 Å². The standard InChI is InChI=1S/C12H13ClFN3/c1-6(7(2)14)8-4-5-9-10(8)16-12(13)17-11(9)15-3/h8H,1-2,4-5H2,3H3,(H,15,16,17). The van der Waals surface area contributed by atoms with E-state index in [4.69, 9.17) is 11.6 Å². The summed E-state index contributed by atoms with van der Waals surface area (Å²) in [6.07, 6.45) is 1.56. The maximum atomic E-state index is 13.1. The number of hydrogen-bond donors (Lipinski definition) is 1. The molecule has 0 spiro atoms. The van der Waals surface area contributed by atoms with Gasteiger partial charge in [-0.3, -0.25) is 0 Å². The van der Waals surface area contributed by atoms with Crippen molar-refractivity contribution in [3.8, 4) is 0 Å². The lowest BCUT2D eigenvalue weighted by Crippen LogP contribution is -2.04. The highest BCUT2D eigenvalue weighted by molar-refractivity contribution is 6.28. The van der Waals surface area contributed by atoms with Crippen molar-refractivity contribution >= 4 is 17.4 Å². The highest BCUT2D eigenvalue weighted by Gasteiger charge is 2.30. The Bertz CT molecular complexity index is 499. The van der Waals surface area contributed by atoms with Gasteiger partial charge in [0.25, 0.3) is 0 Å². The molecule has 2 rings (SSSR count). The summed E-state index contributed by atoms with van der Waals surface area (Å²) in [5.41, 5.74) is 2.13. The summed E-state index contributed by atoms with van der Waals surface area (Å²) < 4.78 is 13.1. The van der Waals surface area contributed by atoms with Crippen molar-refractivity contribution in [3.05, 3.63) is 41.1 Å². The number of nitrogens with one attached hydrogen (secondary N) is 1. The number of anilines is 1. The highest BCUT2D eigenvalue weighted by atomic mass is 35.5. The molecule has 1 aliphatic carbocycles. The second kappa shape index (κ2) is 4.45. The first-order chi connectivity index (χ1) is 8.04. The van der Waals surface area contributed by atoms with Gasteiger partial charge >= 0.3 is 0 Å². The van der Waals surface area contributed by atoms with Crippen molar-refractivity contribution in [1.29, 1.82) is 0 Å². The molecule has 0 aromatic carbocycles. The molecule has 17 heavy (non-hydrogen) atoms. The third-order valence-corrected chi connectivity index (χ3v) is 3.20. The summed E-state index contributed by atoms with van der Waals surface area (Å²) in [6.45, 7) is 7.00. The van der Waals surface area contributed by atoms with Crippen molar-refractivity contribution < 1.29 is 4.39 Å². The molecule has 1 aliphatic rings. The summed E-state index contributed by atoms with van der Waals surface area (Å²) >= 11 is 5.85. The maximum absolute atomic E-state index is 13.1. The SMILES string of the molecule is C=C(F)C(=C)C1CCc2c(NC)nc(Cl)nc21. The van der Waals surface area contributed by atoms with Gasteiger partial charge in [-0.15, -0.1) is 0 Å². The molecule has 0 saturated heterocycles. The average molecular weight is 254 g/mol. The molecule has 1 heterocycles. The number of hydrogen-bond acceptors (Lipinski definition) is 3. The zero-order chi connectivity index (χ0) is 12.6. The average Bonchev–Trinajstić information content (AvgIpc) is 2.70. The van der Waals surface area contributed by atoms with Gasteiger partial charge in [0.15, 0.2) is 0 Å². The molecule has 0 bridgehead atoms. The van der Waals surface area contributed by atoms with E-state index in [1.54, 1.807) is 7.05 Å². The first-order valence-electron chi connectivity index (χ1n) is 5.32. The number of nitrogens with zero attached hydrogens (tertiary/aromatic N) is 2. The van der Waals surface area contributed by atoms with Crippen LogP contribution >= 0.6 is 11.6 Å². The predicted molar refractivity (Wildman–Crippen MR) is 67.0 cm³/mol. The Labute approximate surface area is 104 Å². The van der Waals surface area contributed by atoms with Crippen LogP contribution in [0, 0.1) is 0 Å². The van der Waals surface area contributed by atoms with Gasteiger partial charge in [-0.1, -0.05) is 13.2 Å². The minimum atomic E-state index is -0.497. The Morgan fingerprint density at radius 3 is 2.76 bits per heavy atom. The topological polar surface area (TPSA) is 37.8 Å². The van der Waals surface area contributed by atoms with Gasteiger partial charge in [-0.05, 0) is 30.0 Å². The number of halogens is 2. The third kappa shape index (κ3) is 2.05. The summed E-state index contributed by atoms with van der Waals surface area (Å²) in [5.74, 6) is 0.0680. The normalized spacial score (nSPS) is 17.7. The lowest BCUT2D eigenvalue weighted by Gasteiger charge is -2.13. The second-order valence-electron chi connectivity index (χ2n) is 3.98. The molecule has 90 valence electrons. The lowest BCUT2D eigenvalue weighted by atomic mass is 9.97. The Hall–Kier alpha value is -1.42. The quantitative estimate of drug-likeness (QED) is 0.664. The van der Waals surface area contributed by atoms with Crippen LogP contribution in [0.2, 0.25) is 5.28 Å². The Morgan fingerprint density at radius 2 is 2.18 bits per heavy atom. The van der Waals surface area contributed by atoms with Crippen molar-refractivity contribution in [2.24, 2.45) is 0 Å². The maximum Gasteiger partial charge on any atom is 0.224 e. The van der Waals surface area contributed by atoms with Gasteiger partial charge in [0, 0.05) is 18.5 Å². The molecule has 1 N–H and O–H groups in total. The van der Waals surface area contributed by atoms with Gasteiger partial charge in [-0.2, -0.15) is 0 Å². The predicted octanol–water partition coefficient (Wildman–Crippen LogP) is 3.24. The molecule has 0 fully saturated rings. The van der Waals surface area contributed by atoms with Crippen LogP contribution < -0.4 is 5.32 Å². The van der Waals surface area contributed by atoms with Gasteiger partial charge in [-0.25, -0.2) is 14.4 Å². The van der Waals surface area contributed by atoms with E-state index >= 15 is 0 Å². The van der Waals surface area contributed by atoms with Crippen LogP contribution in [0.25, 0.3) is 0 Å². The van der Waals surface area contributed by atoms with Gasteiger partial charge in [0.05, 0.1) is 5.69 Å². The number of fused-ring (bicyclic) bond motifs is 1. The number of allylic oxidation sites excluding steroid dienone is 2. The zero-order valence-electron chi connectivity index (χ0n) is 9.56. The summed E-state index contributed by atoms with van der Waals surface area (Å²) in [7, 11) is 1.77. The molecule has 3 nitrogen and oxygen atoms in total. The molecule has 1 unspecified atom stereocenters. The fourth-order valence-corrected chi connectivity index (χ4v) is 2.34. The van der Waals surface area contributed by atoms with E-state index in [2.05, 4.69) is 28.4 Å². The first-order valence-corrected chi connectivity index (χ1v) is 5.70. The fourth-order valence-electron chi connectivity index (χ4n) is 2.17. The molecular weight excluding hydrogens is 241 g/mol. The molecule has 1 atom stereocenters. The van der Waals surface area contributed by atoms with Crippen LogP contribution in [0.15, 0.2) is 24.6 Å². The molecule has 0 saturated carbocycles. The van der Waals surface area contributed by atoms with Crippen LogP contribution in [0.5, 0.6) is 0 Å². The van der Waals surface area contributed by atoms with E-state index < -0.39 is 5.83 Å². The zero-order valence-corrected chi connectivity index (χ0v) is 10.3. The molecule has 0 amide bonds. The molecule has 0 radical (unpaired) electrons. The van der Waals surface area contributed by atoms with Gasteiger partial charge < -0.3 is 5.32 Å². The van der Waals surface area contributed by atoms with E-state index in [1.807, 2.05) is 0 Å². The summed E-state index contributed by atoms with van der Waals surface area (Å²) in [4.78, 5) is 8.29. The smallest absolute Gasteiger partial charge is 0.224 e. The monoisotopic (exact) mass is 253 g/mol. The van der Waals surface area contributed by atoms with E-state index in [1.165, 1.54) is 0 Å².